The summed E-state index contributed by atoms with van der Waals surface area (Å²) >= 11 is 0. The van der Waals surface area contributed by atoms with E-state index in [0.29, 0.717) is 12.5 Å². The molecule has 0 aromatic rings. The van der Waals surface area contributed by atoms with Crippen molar-refractivity contribution in [3.8, 4) is 0 Å². The minimum absolute atomic E-state index is 0.330. The van der Waals surface area contributed by atoms with Crippen LogP contribution in [0.5, 0.6) is 0 Å². The van der Waals surface area contributed by atoms with Crippen LogP contribution in [0.15, 0.2) is 0 Å². The van der Waals surface area contributed by atoms with Gasteiger partial charge in [-0.1, -0.05) is 53.4 Å². The predicted molar refractivity (Wildman–Crippen MR) is 51.7 cm³/mol. The predicted octanol–water partition coefficient (Wildman–Crippen LogP) is 3.22. The van der Waals surface area contributed by atoms with Crippen LogP contribution in [0.1, 0.15) is 53.4 Å². The molecule has 0 aliphatic carbocycles. The summed E-state index contributed by atoms with van der Waals surface area (Å²) in [5.74, 6) is 0.491. The molecule has 0 saturated carbocycles. The molecule has 0 aromatic carbocycles. The number of hydrogen-bond donors (Lipinski definition) is 1. The van der Waals surface area contributed by atoms with Crippen molar-refractivity contribution in [2.24, 2.45) is 5.92 Å². The van der Waals surface area contributed by atoms with Crippen LogP contribution < -0.4 is 0 Å². The zero-order valence-electron chi connectivity index (χ0n) is 8.56. The van der Waals surface area contributed by atoms with Crippen LogP contribution >= 0.6 is 0 Å². The SMILES string of the molecule is CCC(C)CO.CCCCC. The van der Waals surface area contributed by atoms with Crippen molar-refractivity contribution in [2.75, 3.05) is 6.61 Å². The molecule has 0 bridgehead atoms. The first-order chi connectivity index (χ1) is 5.22. The van der Waals surface area contributed by atoms with Gasteiger partial charge in [0.05, 0.1) is 0 Å². The van der Waals surface area contributed by atoms with Gasteiger partial charge < -0.3 is 5.11 Å². The molecule has 0 aliphatic heterocycles. The van der Waals surface area contributed by atoms with E-state index in [9.17, 15) is 0 Å². The lowest BCUT2D eigenvalue weighted by Gasteiger charge is -1.98. The molecule has 0 rings (SSSR count). The van der Waals surface area contributed by atoms with E-state index in [1.54, 1.807) is 0 Å². The molecule has 1 unspecified atom stereocenters. The Balaban J connectivity index is 0. The van der Waals surface area contributed by atoms with Crippen LogP contribution in [-0.4, -0.2) is 11.7 Å². The fraction of sp³-hybridized carbons (Fsp3) is 1.00. The van der Waals surface area contributed by atoms with Crippen LogP contribution in [-0.2, 0) is 0 Å². The summed E-state index contributed by atoms with van der Waals surface area (Å²) in [5, 5.41) is 8.33. The van der Waals surface area contributed by atoms with Gasteiger partial charge in [0, 0.05) is 6.61 Å². The van der Waals surface area contributed by atoms with Gasteiger partial charge in [0.2, 0.25) is 0 Å². The summed E-state index contributed by atoms with van der Waals surface area (Å²) in [6.07, 6.45) is 5.16. The van der Waals surface area contributed by atoms with Crippen molar-refractivity contribution >= 4 is 0 Å². The van der Waals surface area contributed by atoms with Gasteiger partial charge in [-0.3, -0.25) is 0 Å². The molecule has 1 atom stereocenters. The van der Waals surface area contributed by atoms with Crippen LogP contribution in [0.4, 0.5) is 0 Å². The van der Waals surface area contributed by atoms with Crippen molar-refractivity contribution in [1.82, 2.24) is 0 Å². The maximum absolute atomic E-state index is 8.33. The van der Waals surface area contributed by atoms with Gasteiger partial charge in [-0.25, -0.2) is 0 Å². The zero-order valence-corrected chi connectivity index (χ0v) is 8.56. The molecule has 1 nitrogen and oxygen atoms in total. The number of hydrogen-bond acceptors (Lipinski definition) is 1. The minimum atomic E-state index is 0.330. The minimum Gasteiger partial charge on any atom is -0.396 e. The maximum Gasteiger partial charge on any atom is 0.0456 e. The highest BCUT2D eigenvalue weighted by Gasteiger charge is 1.90. The summed E-state index contributed by atoms with van der Waals surface area (Å²) in [6.45, 7) is 8.85. The molecule has 11 heavy (non-hydrogen) atoms. The Hall–Kier alpha value is -0.0400. The molecular weight excluding hydrogens is 136 g/mol. The average Bonchev–Trinajstić information content (AvgIpc) is 2.06. The van der Waals surface area contributed by atoms with Crippen LogP contribution in [0.2, 0.25) is 0 Å². The second-order valence-corrected chi connectivity index (χ2v) is 3.05. The third kappa shape index (κ3) is 17.8. The monoisotopic (exact) mass is 160 g/mol. The lowest BCUT2D eigenvalue weighted by Crippen LogP contribution is -1.96. The summed E-state index contributed by atoms with van der Waals surface area (Å²) in [4.78, 5) is 0. The van der Waals surface area contributed by atoms with Crippen molar-refractivity contribution in [3.05, 3.63) is 0 Å². The molecule has 0 heterocycles. The maximum atomic E-state index is 8.33. The Morgan fingerprint density at radius 1 is 1.09 bits per heavy atom. The Labute approximate surface area is 71.8 Å². The van der Waals surface area contributed by atoms with Crippen molar-refractivity contribution in [3.63, 3.8) is 0 Å². The van der Waals surface area contributed by atoms with E-state index in [4.69, 9.17) is 5.11 Å². The first-order valence-electron chi connectivity index (χ1n) is 4.83. The Morgan fingerprint density at radius 2 is 1.55 bits per heavy atom. The van der Waals surface area contributed by atoms with E-state index in [0.717, 1.165) is 6.42 Å². The van der Waals surface area contributed by atoms with Crippen molar-refractivity contribution < 1.29 is 5.11 Å². The average molecular weight is 160 g/mol. The molecule has 0 fully saturated rings. The molecular formula is C10H24O. The lowest BCUT2D eigenvalue weighted by molar-refractivity contribution is 0.234. The second kappa shape index (κ2) is 12.6. The smallest absolute Gasteiger partial charge is 0.0456 e. The number of rotatable bonds is 4. The highest BCUT2D eigenvalue weighted by molar-refractivity contribution is 4.41. The summed E-state index contributed by atoms with van der Waals surface area (Å²) in [6, 6.07) is 0. The molecule has 70 valence electrons. The number of unbranched alkanes of at least 4 members (excludes halogenated alkanes) is 2. The van der Waals surface area contributed by atoms with E-state index in [2.05, 4.69) is 20.8 Å². The Kier molecular flexibility index (Phi) is 15.5. The van der Waals surface area contributed by atoms with Gasteiger partial charge in [0.25, 0.3) is 0 Å². The highest BCUT2D eigenvalue weighted by atomic mass is 16.3. The van der Waals surface area contributed by atoms with Crippen LogP contribution in [0.3, 0.4) is 0 Å². The first kappa shape index (κ1) is 13.5. The second-order valence-electron chi connectivity index (χ2n) is 3.05. The fourth-order valence-corrected chi connectivity index (χ4v) is 0.483. The molecule has 1 N–H and O–H groups in total. The first-order valence-corrected chi connectivity index (χ1v) is 4.83. The van der Waals surface area contributed by atoms with E-state index in [-0.39, 0.29) is 0 Å². The van der Waals surface area contributed by atoms with Gasteiger partial charge >= 0.3 is 0 Å². The highest BCUT2D eigenvalue weighted by Crippen LogP contribution is 1.95. The molecule has 0 aromatic heterocycles. The Bertz CT molecular complexity index is 46.8. The third-order valence-corrected chi connectivity index (χ3v) is 1.72. The van der Waals surface area contributed by atoms with E-state index >= 15 is 0 Å². The topological polar surface area (TPSA) is 20.2 Å². The standard InChI is InChI=1S/C5H12O.C5H12/c1-3-5(2)4-6;1-3-5-4-2/h5-6H,3-4H2,1-2H3;3-5H2,1-2H3. The summed E-state index contributed by atoms with van der Waals surface area (Å²) in [5.41, 5.74) is 0. The van der Waals surface area contributed by atoms with Crippen LogP contribution in [0, 0.1) is 5.92 Å². The quantitative estimate of drug-likeness (QED) is 0.669. The fourth-order valence-electron chi connectivity index (χ4n) is 0.483. The molecule has 0 spiro atoms. The molecule has 0 radical (unpaired) electrons. The van der Waals surface area contributed by atoms with E-state index < -0.39 is 0 Å². The molecule has 0 saturated heterocycles. The van der Waals surface area contributed by atoms with Crippen molar-refractivity contribution in [2.45, 2.75) is 53.4 Å². The van der Waals surface area contributed by atoms with E-state index in [1.807, 2.05) is 6.92 Å². The number of aliphatic hydroxyl groups is 1. The van der Waals surface area contributed by atoms with Gasteiger partial charge in [0.1, 0.15) is 0 Å². The van der Waals surface area contributed by atoms with Crippen LogP contribution in [0.25, 0.3) is 0 Å². The molecule has 1 heteroatoms. The Morgan fingerprint density at radius 3 is 1.55 bits per heavy atom. The molecule has 0 aliphatic rings. The third-order valence-electron chi connectivity index (χ3n) is 1.72. The van der Waals surface area contributed by atoms with Gasteiger partial charge in [-0.2, -0.15) is 0 Å². The number of aliphatic hydroxyl groups excluding tert-OH is 1. The zero-order chi connectivity index (χ0) is 9.11. The molecule has 0 amide bonds. The lowest BCUT2D eigenvalue weighted by atomic mass is 10.1. The van der Waals surface area contributed by atoms with Gasteiger partial charge in [0.15, 0.2) is 0 Å². The largest absolute Gasteiger partial charge is 0.396 e. The van der Waals surface area contributed by atoms with Gasteiger partial charge in [-0.15, -0.1) is 0 Å². The summed E-state index contributed by atoms with van der Waals surface area (Å²) in [7, 11) is 0. The normalized spacial score (nSPS) is 11.7. The van der Waals surface area contributed by atoms with E-state index in [1.165, 1.54) is 19.3 Å². The van der Waals surface area contributed by atoms with Crippen molar-refractivity contribution in [1.29, 1.82) is 0 Å². The van der Waals surface area contributed by atoms with Gasteiger partial charge in [-0.05, 0) is 5.92 Å². The summed E-state index contributed by atoms with van der Waals surface area (Å²) < 4.78 is 0.